The number of hydrogen-bond donors (Lipinski definition) is 2. The highest BCUT2D eigenvalue weighted by Gasteiger charge is 2.64. The minimum absolute atomic E-state index is 0.0774. The lowest BCUT2D eigenvalue weighted by Gasteiger charge is -2.63. The van der Waals surface area contributed by atoms with Crippen molar-refractivity contribution in [2.45, 2.75) is 77.6 Å². The molecule has 12 nitrogen and oxygen atoms in total. The zero-order valence-electron chi connectivity index (χ0n) is 31.0. The molecule has 4 heterocycles. The number of benzene rings is 3. The van der Waals surface area contributed by atoms with Gasteiger partial charge in [0.25, 0.3) is 17.7 Å². The van der Waals surface area contributed by atoms with E-state index in [4.69, 9.17) is 16.3 Å². The second kappa shape index (κ2) is 13.3. The van der Waals surface area contributed by atoms with E-state index in [1.54, 1.807) is 30.3 Å². The third kappa shape index (κ3) is 6.11. The van der Waals surface area contributed by atoms with Gasteiger partial charge in [-0.05, 0) is 67.8 Å². The van der Waals surface area contributed by atoms with Gasteiger partial charge in [0.15, 0.2) is 0 Å². The van der Waals surface area contributed by atoms with E-state index in [0.717, 1.165) is 47.3 Å². The molecular weight excluding hydrogens is 720 g/mol. The quantitative estimate of drug-likeness (QED) is 0.217. The molecule has 1 aromatic heterocycles. The van der Waals surface area contributed by atoms with Crippen LogP contribution in [0.5, 0.6) is 5.75 Å². The number of nitrogens with zero attached hydrogens (tertiary/aromatic N) is 4. The van der Waals surface area contributed by atoms with Crippen molar-refractivity contribution < 1.29 is 28.7 Å². The molecule has 13 heteroatoms. The van der Waals surface area contributed by atoms with Crippen molar-refractivity contribution in [2.75, 3.05) is 18.0 Å². The number of piperidine rings is 2. The Morgan fingerprint density at radius 2 is 1.51 bits per heavy atom. The number of carbonyl (C=O) groups is 5. The molecular formula is C42H41ClN6O6. The number of hydrogen-bond acceptors (Lipinski definition) is 8. The molecule has 282 valence electrons. The molecule has 5 amide bonds. The van der Waals surface area contributed by atoms with Gasteiger partial charge in [-0.15, -0.1) is 0 Å². The van der Waals surface area contributed by atoms with Crippen molar-refractivity contribution in [3.8, 4) is 11.8 Å². The molecule has 1 atom stereocenters. The van der Waals surface area contributed by atoms with E-state index >= 15 is 0 Å². The molecule has 3 fully saturated rings. The van der Waals surface area contributed by atoms with Crippen molar-refractivity contribution in [1.29, 1.82) is 5.26 Å². The molecule has 2 saturated heterocycles. The van der Waals surface area contributed by atoms with Gasteiger partial charge in [-0.3, -0.25) is 34.2 Å². The SMILES string of the molecule is CC1(C)C(NC(=O)c2ccc(N3CCC(n4cc5cc6c(cc5c4)C(=O)N(C4CCC(=O)NC4=O)C6=O)CC3)cc2)C(C)(C)C1Oc1ccc(C#N)c(Cl)c1. The normalized spacial score (nSPS) is 23.2. The minimum atomic E-state index is -0.993. The van der Waals surface area contributed by atoms with Crippen LogP contribution in [0.15, 0.2) is 67.0 Å². The van der Waals surface area contributed by atoms with Gasteiger partial charge in [0, 0.05) is 82.9 Å². The minimum Gasteiger partial charge on any atom is -0.489 e. The number of imide groups is 2. The van der Waals surface area contributed by atoms with Crippen LogP contribution in [0.2, 0.25) is 5.02 Å². The Morgan fingerprint density at radius 1 is 0.891 bits per heavy atom. The number of nitrogens with one attached hydrogen (secondary N) is 2. The first-order valence-corrected chi connectivity index (χ1v) is 18.9. The lowest BCUT2D eigenvalue weighted by molar-refractivity contribution is -0.164. The Hall–Kier alpha value is -5.67. The van der Waals surface area contributed by atoms with Gasteiger partial charge >= 0.3 is 0 Å². The molecule has 3 aliphatic heterocycles. The number of aromatic nitrogens is 1. The average molecular weight is 761 g/mol. The third-order valence-electron chi connectivity index (χ3n) is 12.0. The molecule has 55 heavy (non-hydrogen) atoms. The summed E-state index contributed by atoms with van der Waals surface area (Å²) >= 11 is 6.24. The maximum atomic E-state index is 13.5. The molecule has 2 N–H and O–H groups in total. The summed E-state index contributed by atoms with van der Waals surface area (Å²) in [6, 6.07) is 17.4. The summed E-state index contributed by atoms with van der Waals surface area (Å²) in [6.45, 7) is 9.94. The van der Waals surface area contributed by atoms with Gasteiger partial charge in [0.1, 0.15) is 24.0 Å². The monoisotopic (exact) mass is 760 g/mol. The van der Waals surface area contributed by atoms with Gasteiger partial charge in [-0.2, -0.15) is 5.26 Å². The fourth-order valence-corrected chi connectivity index (χ4v) is 9.61. The van der Waals surface area contributed by atoms with Crippen LogP contribution in [0.4, 0.5) is 5.69 Å². The summed E-state index contributed by atoms with van der Waals surface area (Å²) in [4.78, 5) is 67.5. The van der Waals surface area contributed by atoms with Crippen molar-refractivity contribution in [2.24, 2.45) is 10.8 Å². The maximum Gasteiger partial charge on any atom is 0.262 e. The number of nitriles is 1. The second-order valence-electron chi connectivity index (χ2n) is 16.2. The van der Waals surface area contributed by atoms with Crippen LogP contribution < -0.4 is 20.3 Å². The largest absolute Gasteiger partial charge is 0.489 e. The van der Waals surface area contributed by atoms with Crippen molar-refractivity contribution >= 4 is 57.6 Å². The highest BCUT2D eigenvalue weighted by molar-refractivity contribution is 6.31. The molecule has 3 aromatic carbocycles. The topological polar surface area (TPSA) is 154 Å². The third-order valence-corrected chi connectivity index (χ3v) is 12.3. The summed E-state index contributed by atoms with van der Waals surface area (Å²) in [5, 5.41) is 16.7. The zero-order valence-corrected chi connectivity index (χ0v) is 31.8. The Balaban J connectivity index is 0.876. The lowest BCUT2D eigenvalue weighted by atomic mass is 9.49. The summed E-state index contributed by atoms with van der Waals surface area (Å²) in [5.41, 5.74) is 1.82. The number of rotatable bonds is 7. The van der Waals surface area contributed by atoms with E-state index in [1.807, 2.05) is 36.7 Å². The molecule has 1 aliphatic carbocycles. The summed E-state index contributed by atoms with van der Waals surface area (Å²) in [6.07, 6.45) is 5.79. The molecule has 1 unspecified atom stereocenters. The van der Waals surface area contributed by atoms with E-state index < -0.39 is 29.7 Å². The van der Waals surface area contributed by atoms with Crippen LogP contribution in [0.3, 0.4) is 0 Å². The summed E-state index contributed by atoms with van der Waals surface area (Å²) in [7, 11) is 0. The predicted molar refractivity (Wildman–Crippen MR) is 205 cm³/mol. The van der Waals surface area contributed by atoms with E-state index in [-0.39, 0.29) is 58.9 Å². The number of anilines is 1. The van der Waals surface area contributed by atoms with Crippen LogP contribution in [0.1, 0.15) is 96.1 Å². The van der Waals surface area contributed by atoms with E-state index in [1.165, 1.54) is 0 Å². The first-order valence-electron chi connectivity index (χ1n) is 18.6. The summed E-state index contributed by atoms with van der Waals surface area (Å²) in [5.74, 6) is -1.61. The van der Waals surface area contributed by atoms with Crippen molar-refractivity contribution in [3.63, 3.8) is 0 Å². The smallest absolute Gasteiger partial charge is 0.262 e. The van der Waals surface area contributed by atoms with Gasteiger partial charge in [0.05, 0.1) is 21.7 Å². The molecule has 0 spiro atoms. The molecule has 1 saturated carbocycles. The highest BCUT2D eigenvalue weighted by Crippen LogP contribution is 2.55. The van der Waals surface area contributed by atoms with Gasteiger partial charge in [-0.25, -0.2) is 0 Å². The molecule has 4 aromatic rings. The fraction of sp³-hybridized carbons (Fsp3) is 0.381. The van der Waals surface area contributed by atoms with Gasteiger partial charge in [-0.1, -0.05) is 39.3 Å². The van der Waals surface area contributed by atoms with Crippen LogP contribution in [-0.4, -0.2) is 70.3 Å². The van der Waals surface area contributed by atoms with E-state index in [0.29, 0.717) is 21.9 Å². The number of carbonyl (C=O) groups excluding carboxylic acids is 5. The fourth-order valence-electron chi connectivity index (χ4n) is 9.40. The lowest BCUT2D eigenvalue weighted by Crippen LogP contribution is -2.74. The van der Waals surface area contributed by atoms with Crippen molar-refractivity contribution in [3.05, 3.63) is 94.3 Å². The van der Waals surface area contributed by atoms with Gasteiger partial charge in [0.2, 0.25) is 11.8 Å². The van der Waals surface area contributed by atoms with Crippen LogP contribution in [-0.2, 0) is 9.59 Å². The van der Waals surface area contributed by atoms with E-state index in [2.05, 4.69) is 53.9 Å². The van der Waals surface area contributed by atoms with Crippen LogP contribution in [0.25, 0.3) is 10.8 Å². The first kappa shape index (κ1) is 36.3. The maximum absolute atomic E-state index is 13.5. The summed E-state index contributed by atoms with van der Waals surface area (Å²) < 4.78 is 8.53. The number of amides is 5. The molecule has 0 radical (unpaired) electrons. The van der Waals surface area contributed by atoms with Crippen LogP contribution >= 0.6 is 11.6 Å². The number of halogens is 1. The standard InChI is InChI=1S/C42H41ClN6O6/c1-41(2)39(42(3,4)40(41)55-29-10-7-24(20-44)32(43)19-29)46-35(51)23-5-8-27(9-6-23)47-15-13-28(14-16-47)48-21-25-17-30-31(18-26(25)22-48)38(54)49(37(30)53)33-11-12-34(50)45-36(33)52/h5-10,17-19,21-22,28,33,39-40H,11-16H2,1-4H3,(H,46,51)(H,45,50,52). The second-order valence-corrected chi connectivity index (χ2v) is 16.7. The molecule has 4 aliphatic rings. The Labute approximate surface area is 323 Å². The molecule has 8 rings (SSSR count). The number of ether oxygens (including phenoxy) is 1. The Morgan fingerprint density at radius 3 is 2.07 bits per heavy atom. The van der Waals surface area contributed by atoms with Gasteiger partial charge < -0.3 is 19.5 Å². The molecule has 0 bridgehead atoms. The first-order chi connectivity index (χ1) is 26.2. The average Bonchev–Trinajstić information content (AvgIpc) is 3.69. The van der Waals surface area contributed by atoms with Crippen molar-refractivity contribution in [1.82, 2.24) is 20.1 Å². The zero-order chi connectivity index (χ0) is 39.0. The highest BCUT2D eigenvalue weighted by atomic mass is 35.5. The predicted octanol–water partition coefficient (Wildman–Crippen LogP) is 6.02. The number of fused-ring (bicyclic) bond motifs is 2. The van der Waals surface area contributed by atoms with E-state index in [9.17, 15) is 29.2 Å². The Bertz CT molecular complexity index is 2270. The Kier molecular flexibility index (Phi) is 8.76. The van der Waals surface area contributed by atoms with Crippen LogP contribution in [0, 0.1) is 22.2 Å².